The van der Waals surface area contributed by atoms with E-state index < -0.39 is 0 Å². The number of rotatable bonds is 4. The van der Waals surface area contributed by atoms with Gasteiger partial charge in [-0.2, -0.15) is 0 Å². The van der Waals surface area contributed by atoms with Crippen LogP contribution >= 0.6 is 23.1 Å². The van der Waals surface area contributed by atoms with Crippen LogP contribution in [0.25, 0.3) is 10.2 Å². The second-order valence-electron chi connectivity index (χ2n) is 4.44. The summed E-state index contributed by atoms with van der Waals surface area (Å²) in [4.78, 5) is 11.4. The van der Waals surface area contributed by atoms with Gasteiger partial charge in [-0.1, -0.05) is 29.5 Å². The topological polar surface area (TPSA) is 37.8 Å². The number of fused-ring (bicyclic) bond motifs is 1. The first-order valence-corrected chi connectivity index (χ1v) is 8.19. The van der Waals surface area contributed by atoms with E-state index in [9.17, 15) is 0 Å². The molecule has 0 bridgehead atoms. The van der Waals surface area contributed by atoms with E-state index in [2.05, 4.69) is 64.8 Å². The fraction of sp³-hybridized carbons (Fsp3) is 0.200. The number of hydrogen-bond acceptors (Lipinski definition) is 5. The van der Waals surface area contributed by atoms with Crippen molar-refractivity contribution in [1.82, 2.24) is 9.97 Å². The van der Waals surface area contributed by atoms with Crippen LogP contribution in [0.3, 0.4) is 0 Å². The van der Waals surface area contributed by atoms with Gasteiger partial charge in [0.15, 0.2) is 0 Å². The van der Waals surface area contributed by atoms with Crippen molar-refractivity contribution in [3.8, 4) is 0 Å². The zero-order chi connectivity index (χ0) is 13.9. The molecule has 0 saturated heterocycles. The molecule has 1 N–H and O–H groups in total. The van der Waals surface area contributed by atoms with E-state index in [1.807, 2.05) is 0 Å². The maximum atomic E-state index is 4.64. The molecule has 5 heteroatoms. The normalized spacial score (nSPS) is 10.9. The minimum absolute atomic E-state index is 0.706. The Labute approximate surface area is 126 Å². The SMILES string of the molecule is CCNc1nc(Sc2cccc(C)c2)c2ccsc2n1. The summed E-state index contributed by atoms with van der Waals surface area (Å²) in [5.74, 6) is 0.706. The molecule has 0 aliphatic rings. The standard InChI is InChI=1S/C15H15N3S2/c1-3-16-15-17-13-12(7-8-19-13)14(18-15)20-11-6-4-5-10(2)9-11/h4-9H,3H2,1-2H3,(H,16,17,18). The number of hydrogen-bond donors (Lipinski definition) is 1. The van der Waals surface area contributed by atoms with Gasteiger partial charge in [0.2, 0.25) is 5.95 Å². The molecule has 0 saturated carbocycles. The summed E-state index contributed by atoms with van der Waals surface area (Å²) < 4.78 is 0. The second kappa shape index (κ2) is 5.81. The van der Waals surface area contributed by atoms with Gasteiger partial charge in [-0.3, -0.25) is 0 Å². The van der Waals surface area contributed by atoms with E-state index in [1.54, 1.807) is 23.1 Å². The highest BCUT2D eigenvalue weighted by Crippen LogP contribution is 2.34. The Hall–Kier alpha value is -1.59. The van der Waals surface area contributed by atoms with Crippen LogP contribution in [0.15, 0.2) is 45.6 Å². The predicted molar refractivity (Wildman–Crippen MR) is 86.9 cm³/mol. The van der Waals surface area contributed by atoms with Gasteiger partial charge in [-0.05, 0) is 37.4 Å². The molecular formula is C15H15N3S2. The number of thiophene rings is 1. The van der Waals surface area contributed by atoms with Gasteiger partial charge >= 0.3 is 0 Å². The van der Waals surface area contributed by atoms with Crippen molar-refractivity contribution >= 4 is 39.3 Å². The predicted octanol–water partition coefficient (Wildman–Crippen LogP) is 4.58. The molecule has 0 aliphatic carbocycles. The lowest BCUT2D eigenvalue weighted by Crippen LogP contribution is -2.02. The quantitative estimate of drug-likeness (QED) is 0.716. The number of aromatic nitrogens is 2. The van der Waals surface area contributed by atoms with E-state index in [-0.39, 0.29) is 0 Å². The molecule has 1 aromatic carbocycles. The highest BCUT2D eigenvalue weighted by Gasteiger charge is 2.10. The lowest BCUT2D eigenvalue weighted by molar-refractivity contribution is 1.05. The van der Waals surface area contributed by atoms with Gasteiger partial charge in [0.25, 0.3) is 0 Å². The third kappa shape index (κ3) is 2.78. The molecule has 20 heavy (non-hydrogen) atoms. The van der Waals surface area contributed by atoms with Gasteiger partial charge < -0.3 is 5.32 Å². The Morgan fingerprint density at radius 3 is 2.95 bits per heavy atom. The molecule has 102 valence electrons. The summed E-state index contributed by atoms with van der Waals surface area (Å²) in [6.07, 6.45) is 0. The van der Waals surface area contributed by atoms with E-state index in [1.165, 1.54) is 10.5 Å². The van der Waals surface area contributed by atoms with Crippen LogP contribution in [0.5, 0.6) is 0 Å². The summed E-state index contributed by atoms with van der Waals surface area (Å²) in [7, 11) is 0. The maximum Gasteiger partial charge on any atom is 0.225 e. The van der Waals surface area contributed by atoms with E-state index >= 15 is 0 Å². The zero-order valence-electron chi connectivity index (χ0n) is 11.4. The van der Waals surface area contributed by atoms with Gasteiger partial charge in [0.05, 0.1) is 0 Å². The molecule has 0 atom stereocenters. The lowest BCUT2D eigenvalue weighted by Gasteiger charge is -2.07. The second-order valence-corrected chi connectivity index (χ2v) is 6.40. The van der Waals surface area contributed by atoms with Crippen molar-refractivity contribution in [3.63, 3.8) is 0 Å². The van der Waals surface area contributed by atoms with Crippen molar-refractivity contribution in [2.24, 2.45) is 0 Å². The minimum atomic E-state index is 0.706. The average molecular weight is 301 g/mol. The number of benzene rings is 1. The molecule has 2 aromatic heterocycles. The molecule has 0 unspecified atom stereocenters. The zero-order valence-corrected chi connectivity index (χ0v) is 13.0. The Balaban J connectivity index is 2.02. The van der Waals surface area contributed by atoms with Crippen molar-refractivity contribution in [3.05, 3.63) is 41.3 Å². The Kier molecular flexibility index (Phi) is 3.89. The van der Waals surface area contributed by atoms with Gasteiger partial charge in [0, 0.05) is 16.8 Å². The number of nitrogens with one attached hydrogen (secondary N) is 1. The van der Waals surface area contributed by atoms with Crippen LogP contribution in [0.1, 0.15) is 12.5 Å². The monoisotopic (exact) mass is 301 g/mol. The van der Waals surface area contributed by atoms with E-state index in [4.69, 9.17) is 0 Å². The van der Waals surface area contributed by atoms with Crippen LogP contribution in [-0.2, 0) is 0 Å². The van der Waals surface area contributed by atoms with Crippen LogP contribution in [0, 0.1) is 6.92 Å². The van der Waals surface area contributed by atoms with E-state index in [0.29, 0.717) is 5.95 Å². The Morgan fingerprint density at radius 2 is 2.15 bits per heavy atom. The maximum absolute atomic E-state index is 4.64. The molecule has 0 amide bonds. The summed E-state index contributed by atoms with van der Waals surface area (Å²) in [6, 6.07) is 10.6. The van der Waals surface area contributed by atoms with Crippen molar-refractivity contribution < 1.29 is 0 Å². The van der Waals surface area contributed by atoms with Crippen LogP contribution in [-0.4, -0.2) is 16.5 Å². The smallest absolute Gasteiger partial charge is 0.225 e. The van der Waals surface area contributed by atoms with Crippen molar-refractivity contribution in [2.45, 2.75) is 23.8 Å². The van der Waals surface area contributed by atoms with Crippen LogP contribution in [0.4, 0.5) is 5.95 Å². The fourth-order valence-corrected chi connectivity index (χ4v) is 3.78. The summed E-state index contributed by atoms with van der Waals surface area (Å²) in [6.45, 7) is 4.98. The summed E-state index contributed by atoms with van der Waals surface area (Å²) in [5, 5.41) is 7.40. The largest absolute Gasteiger partial charge is 0.354 e. The van der Waals surface area contributed by atoms with Crippen molar-refractivity contribution in [1.29, 1.82) is 0 Å². The lowest BCUT2D eigenvalue weighted by atomic mass is 10.2. The van der Waals surface area contributed by atoms with Gasteiger partial charge in [0.1, 0.15) is 9.86 Å². The molecule has 0 radical (unpaired) electrons. The number of aryl methyl sites for hydroxylation is 1. The third-order valence-corrected chi connectivity index (χ3v) is 4.63. The highest BCUT2D eigenvalue weighted by atomic mass is 32.2. The minimum Gasteiger partial charge on any atom is -0.354 e. The molecule has 3 aromatic rings. The Bertz CT molecular complexity index is 737. The fourth-order valence-electron chi connectivity index (χ4n) is 1.93. The first kappa shape index (κ1) is 13.4. The molecule has 0 spiro atoms. The Morgan fingerprint density at radius 1 is 1.25 bits per heavy atom. The van der Waals surface area contributed by atoms with Crippen molar-refractivity contribution in [2.75, 3.05) is 11.9 Å². The molecule has 0 fully saturated rings. The number of nitrogens with zero attached hydrogens (tertiary/aromatic N) is 2. The van der Waals surface area contributed by atoms with E-state index in [0.717, 1.165) is 21.8 Å². The third-order valence-electron chi connectivity index (χ3n) is 2.83. The molecule has 3 nitrogen and oxygen atoms in total. The molecular weight excluding hydrogens is 286 g/mol. The first-order valence-electron chi connectivity index (χ1n) is 6.50. The summed E-state index contributed by atoms with van der Waals surface area (Å²) in [5.41, 5.74) is 1.26. The molecule has 2 heterocycles. The highest BCUT2D eigenvalue weighted by molar-refractivity contribution is 7.99. The van der Waals surface area contributed by atoms with Gasteiger partial charge in [-0.15, -0.1) is 11.3 Å². The summed E-state index contributed by atoms with van der Waals surface area (Å²) >= 11 is 3.34. The van der Waals surface area contributed by atoms with Crippen LogP contribution < -0.4 is 5.32 Å². The first-order chi connectivity index (χ1) is 9.76. The molecule has 0 aliphatic heterocycles. The van der Waals surface area contributed by atoms with Gasteiger partial charge in [-0.25, -0.2) is 9.97 Å². The number of anilines is 1. The van der Waals surface area contributed by atoms with Crippen LogP contribution in [0.2, 0.25) is 0 Å². The molecule has 3 rings (SSSR count). The average Bonchev–Trinajstić information content (AvgIpc) is 2.87.